The van der Waals surface area contributed by atoms with Gasteiger partial charge in [0.2, 0.25) is 0 Å². The van der Waals surface area contributed by atoms with Crippen LogP contribution in [0.25, 0.3) is 0 Å². The number of para-hydroxylation sites is 1. The third-order valence-corrected chi connectivity index (χ3v) is 1.70. The molecular formula is C10H12O4. The molecule has 14 heavy (non-hydrogen) atoms. The molecule has 1 aromatic rings. The summed E-state index contributed by atoms with van der Waals surface area (Å²) >= 11 is 0. The molecule has 0 unspecified atom stereocenters. The van der Waals surface area contributed by atoms with Crippen LogP contribution in [-0.4, -0.2) is 20.2 Å². The van der Waals surface area contributed by atoms with Crippen LogP contribution in [0.15, 0.2) is 24.3 Å². The molecule has 0 aliphatic heterocycles. The van der Waals surface area contributed by atoms with Crippen LogP contribution < -0.4 is 4.74 Å². The highest BCUT2D eigenvalue weighted by Gasteiger charge is 2.09. The van der Waals surface area contributed by atoms with Crippen molar-refractivity contribution in [3.05, 3.63) is 29.8 Å². The van der Waals surface area contributed by atoms with Crippen LogP contribution >= 0.6 is 0 Å². The van der Waals surface area contributed by atoms with Gasteiger partial charge in [-0.05, 0) is 6.07 Å². The summed E-state index contributed by atoms with van der Waals surface area (Å²) in [5, 5.41) is 0. The smallest absolute Gasteiger partial charge is 0.346 e. The SMILES string of the molecule is COOC(=O)Cc1ccccc1OC. The van der Waals surface area contributed by atoms with Gasteiger partial charge in [0, 0.05) is 5.56 Å². The van der Waals surface area contributed by atoms with E-state index in [1.807, 2.05) is 12.1 Å². The van der Waals surface area contributed by atoms with Gasteiger partial charge >= 0.3 is 5.97 Å². The summed E-state index contributed by atoms with van der Waals surface area (Å²) in [6, 6.07) is 7.26. The molecular weight excluding hydrogens is 184 g/mol. The van der Waals surface area contributed by atoms with E-state index in [9.17, 15) is 4.79 Å². The van der Waals surface area contributed by atoms with Crippen LogP contribution in [0.4, 0.5) is 0 Å². The van der Waals surface area contributed by atoms with Gasteiger partial charge in [0.25, 0.3) is 0 Å². The van der Waals surface area contributed by atoms with Crippen LogP contribution in [0.5, 0.6) is 5.75 Å². The fraction of sp³-hybridized carbons (Fsp3) is 0.300. The zero-order valence-corrected chi connectivity index (χ0v) is 8.15. The van der Waals surface area contributed by atoms with Crippen molar-refractivity contribution >= 4 is 5.97 Å². The number of hydrogen-bond acceptors (Lipinski definition) is 4. The molecule has 0 N–H and O–H groups in total. The summed E-state index contributed by atoms with van der Waals surface area (Å²) in [7, 11) is 2.85. The zero-order chi connectivity index (χ0) is 10.4. The lowest BCUT2D eigenvalue weighted by Gasteiger charge is -2.06. The van der Waals surface area contributed by atoms with E-state index in [1.165, 1.54) is 7.11 Å². The summed E-state index contributed by atoms with van der Waals surface area (Å²) in [6.45, 7) is 0. The van der Waals surface area contributed by atoms with Crippen molar-refractivity contribution < 1.29 is 19.3 Å². The lowest BCUT2D eigenvalue weighted by atomic mass is 10.1. The fourth-order valence-electron chi connectivity index (χ4n) is 1.13. The molecule has 0 radical (unpaired) electrons. The van der Waals surface area contributed by atoms with Gasteiger partial charge in [-0.15, -0.1) is 0 Å². The number of methoxy groups -OCH3 is 1. The highest BCUT2D eigenvalue weighted by Crippen LogP contribution is 2.17. The molecule has 0 heterocycles. The summed E-state index contributed by atoms with van der Waals surface area (Å²) < 4.78 is 5.08. The third kappa shape index (κ3) is 2.74. The molecule has 0 saturated carbocycles. The number of carbonyl (C=O) groups excluding carboxylic acids is 1. The Morgan fingerprint density at radius 3 is 2.64 bits per heavy atom. The highest BCUT2D eigenvalue weighted by molar-refractivity contribution is 5.72. The molecule has 76 valence electrons. The van der Waals surface area contributed by atoms with E-state index < -0.39 is 5.97 Å². The minimum atomic E-state index is -0.447. The van der Waals surface area contributed by atoms with Gasteiger partial charge in [0.15, 0.2) is 0 Å². The largest absolute Gasteiger partial charge is 0.496 e. The first-order valence-corrected chi connectivity index (χ1v) is 4.13. The van der Waals surface area contributed by atoms with E-state index in [0.717, 1.165) is 5.56 Å². The highest BCUT2D eigenvalue weighted by atomic mass is 17.2. The summed E-state index contributed by atoms with van der Waals surface area (Å²) in [4.78, 5) is 19.7. The Hall–Kier alpha value is -1.55. The monoisotopic (exact) mass is 196 g/mol. The molecule has 0 fully saturated rings. The third-order valence-electron chi connectivity index (χ3n) is 1.70. The van der Waals surface area contributed by atoms with E-state index in [4.69, 9.17) is 4.74 Å². The van der Waals surface area contributed by atoms with E-state index in [2.05, 4.69) is 9.78 Å². The van der Waals surface area contributed by atoms with Gasteiger partial charge in [-0.1, -0.05) is 18.2 Å². The second kappa shape index (κ2) is 5.24. The van der Waals surface area contributed by atoms with Crippen molar-refractivity contribution in [2.45, 2.75) is 6.42 Å². The van der Waals surface area contributed by atoms with Gasteiger partial charge in [0.1, 0.15) is 5.75 Å². The van der Waals surface area contributed by atoms with Gasteiger partial charge in [-0.25, -0.2) is 4.79 Å². The predicted octanol–water partition coefficient (Wildman–Crippen LogP) is 1.34. The van der Waals surface area contributed by atoms with E-state index in [1.54, 1.807) is 19.2 Å². The Morgan fingerprint density at radius 1 is 1.29 bits per heavy atom. The average Bonchev–Trinajstić information content (AvgIpc) is 2.19. The number of carbonyl (C=O) groups is 1. The normalized spacial score (nSPS) is 9.57. The number of benzene rings is 1. The molecule has 4 heteroatoms. The summed E-state index contributed by atoms with van der Waals surface area (Å²) in [5.41, 5.74) is 0.775. The molecule has 0 saturated heterocycles. The van der Waals surface area contributed by atoms with Crippen molar-refractivity contribution in [1.29, 1.82) is 0 Å². The van der Waals surface area contributed by atoms with Gasteiger partial charge < -0.3 is 4.74 Å². The quantitative estimate of drug-likeness (QED) is 0.538. The lowest BCUT2D eigenvalue weighted by molar-refractivity contribution is -0.254. The first-order valence-electron chi connectivity index (χ1n) is 4.13. The Labute approximate surface area is 82.3 Å². The molecule has 0 aliphatic rings. The van der Waals surface area contributed by atoms with Crippen LogP contribution in [0.3, 0.4) is 0 Å². The lowest BCUT2D eigenvalue weighted by Crippen LogP contribution is -2.07. The second-order valence-corrected chi connectivity index (χ2v) is 2.61. The Balaban J connectivity index is 2.70. The molecule has 0 aliphatic carbocycles. The maximum absolute atomic E-state index is 11.1. The number of hydrogen-bond donors (Lipinski definition) is 0. The molecule has 1 rings (SSSR count). The fourth-order valence-corrected chi connectivity index (χ4v) is 1.13. The first kappa shape index (κ1) is 10.5. The Bertz CT molecular complexity index is 309. The van der Waals surface area contributed by atoms with Crippen LogP contribution in [-0.2, 0) is 21.0 Å². The standard InChI is InChI=1S/C10H12O4/c1-12-9-6-4-3-5-8(9)7-10(11)14-13-2/h3-6H,7H2,1-2H3. The topological polar surface area (TPSA) is 44.8 Å². The maximum Gasteiger partial charge on any atom is 0.346 e. The minimum absolute atomic E-state index is 0.137. The average molecular weight is 196 g/mol. The molecule has 4 nitrogen and oxygen atoms in total. The number of ether oxygens (including phenoxy) is 1. The van der Waals surface area contributed by atoms with Crippen LogP contribution in [0.2, 0.25) is 0 Å². The summed E-state index contributed by atoms with van der Waals surface area (Å²) in [6.07, 6.45) is 0.137. The zero-order valence-electron chi connectivity index (χ0n) is 8.15. The molecule has 0 aromatic heterocycles. The van der Waals surface area contributed by atoms with E-state index in [0.29, 0.717) is 5.75 Å². The first-order chi connectivity index (χ1) is 6.77. The Morgan fingerprint density at radius 2 is 2.00 bits per heavy atom. The Kier molecular flexibility index (Phi) is 3.94. The van der Waals surface area contributed by atoms with Crippen LogP contribution in [0, 0.1) is 0 Å². The van der Waals surface area contributed by atoms with Gasteiger partial charge in [-0.2, -0.15) is 4.89 Å². The second-order valence-electron chi connectivity index (χ2n) is 2.61. The minimum Gasteiger partial charge on any atom is -0.496 e. The molecule has 0 spiro atoms. The van der Waals surface area contributed by atoms with Crippen molar-refractivity contribution in [2.75, 3.05) is 14.2 Å². The van der Waals surface area contributed by atoms with Crippen molar-refractivity contribution in [1.82, 2.24) is 0 Å². The molecule has 0 atom stereocenters. The van der Waals surface area contributed by atoms with E-state index >= 15 is 0 Å². The van der Waals surface area contributed by atoms with Crippen LogP contribution in [0.1, 0.15) is 5.56 Å². The van der Waals surface area contributed by atoms with E-state index in [-0.39, 0.29) is 6.42 Å². The maximum atomic E-state index is 11.1. The molecule has 0 amide bonds. The van der Waals surface area contributed by atoms with Crippen molar-refractivity contribution in [3.8, 4) is 5.75 Å². The molecule has 0 bridgehead atoms. The van der Waals surface area contributed by atoms with Crippen molar-refractivity contribution in [2.24, 2.45) is 0 Å². The van der Waals surface area contributed by atoms with Gasteiger partial charge in [0.05, 0.1) is 20.6 Å². The predicted molar refractivity (Wildman–Crippen MR) is 49.8 cm³/mol. The molecule has 1 aromatic carbocycles. The number of rotatable bonds is 4. The summed E-state index contributed by atoms with van der Waals surface area (Å²) in [5.74, 6) is 0.220. The van der Waals surface area contributed by atoms with Crippen molar-refractivity contribution in [3.63, 3.8) is 0 Å². The van der Waals surface area contributed by atoms with Gasteiger partial charge in [-0.3, -0.25) is 4.89 Å².